The van der Waals surface area contributed by atoms with Gasteiger partial charge in [0.05, 0.1) is 0 Å². The van der Waals surface area contributed by atoms with E-state index in [1.54, 1.807) is 0 Å². The lowest BCUT2D eigenvalue weighted by Gasteiger charge is -2.00. The van der Waals surface area contributed by atoms with Crippen LogP contribution in [0.5, 0.6) is 0 Å². The maximum absolute atomic E-state index is 12.5. The van der Waals surface area contributed by atoms with Crippen molar-refractivity contribution in [3.63, 3.8) is 0 Å². The van der Waals surface area contributed by atoms with Gasteiger partial charge in [0.15, 0.2) is 4.74 Å². The van der Waals surface area contributed by atoms with Crippen molar-refractivity contribution in [3.05, 3.63) is 29.6 Å². The van der Waals surface area contributed by atoms with Crippen LogP contribution in [0.1, 0.15) is 0 Å². The smallest absolute Gasteiger partial charge is 0.175 e. The Morgan fingerprint density at radius 2 is 2.18 bits per heavy atom. The number of halogens is 2. The van der Waals surface area contributed by atoms with Crippen LogP contribution < -0.4 is 5.49 Å². The second-order valence-corrected chi connectivity index (χ2v) is 2.64. The highest BCUT2D eigenvalue weighted by atomic mass is 79.9. The first kappa shape index (κ1) is 8.13. The van der Waals surface area contributed by atoms with Crippen LogP contribution in [-0.2, 0) is 0 Å². The average Bonchev–Trinajstić information content (AvgIpc) is 1.94. The second-order valence-electron chi connectivity index (χ2n) is 1.89. The van der Waals surface area contributed by atoms with Gasteiger partial charge >= 0.3 is 0 Å². The zero-order chi connectivity index (χ0) is 8.43. The summed E-state index contributed by atoms with van der Waals surface area (Å²) in [6.07, 6.45) is 1.07. The summed E-state index contributed by atoms with van der Waals surface area (Å²) in [5.74, 6) is -0.467. The monoisotopic (exact) mass is 217 g/mol. The Balaban J connectivity index is 3.35. The maximum atomic E-state index is 12.5. The van der Waals surface area contributed by atoms with Crippen LogP contribution >= 0.6 is 15.9 Å². The van der Waals surface area contributed by atoms with Crippen LogP contribution in [0.25, 0.3) is 0 Å². The van der Waals surface area contributed by atoms with E-state index >= 15 is 0 Å². The van der Waals surface area contributed by atoms with Gasteiger partial charge in [0, 0.05) is 6.20 Å². The third kappa shape index (κ3) is 1.74. The van der Waals surface area contributed by atoms with E-state index in [0.717, 1.165) is 10.8 Å². The summed E-state index contributed by atoms with van der Waals surface area (Å²) in [5, 5.41) is 14.3. The number of hydrogen-bond acceptors (Lipinski definition) is 2. The van der Waals surface area contributed by atoms with E-state index in [4.69, 9.17) is 10.8 Å². The van der Waals surface area contributed by atoms with E-state index in [1.165, 1.54) is 12.1 Å². The number of rotatable bonds is 0. The zero-order valence-electron chi connectivity index (χ0n) is 5.44. The summed E-state index contributed by atoms with van der Waals surface area (Å²) in [4.78, 5) is 0. The molecule has 0 spiro atoms. The molecule has 1 heterocycles. The molecule has 1 aromatic heterocycles. The largest absolute Gasteiger partial charge is 0.284 e. The third-order valence-corrected chi connectivity index (χ3v) is 1.51. The quantitative estimate of drug-likeness (QED) is 0.487. The van der Waals surface area contributed by atoms with Crippen LogP contribution in [-0.4, -0.2) is 9.31 Å². The van der Waals surface area contributed by atoms with Crippen molar-refractivity contribution in [3.8, 4) is 0 Å². The number of aromatic nitrogens is 1. The first-order valence-electron chi connectivity index (χ1n) is 2.78. The molecule has 2 N–H and O–H groups in total. The lowest BCUT2D eigenvalue weighted by Crippen LogP contribution is -2.22. The molecule has 11 heavy (non-hydrogen) atoms. The predicted molar refractivity (Wildman–Crippen MR) is 42.3 cm³/mol. The van der Waals surface area contributed by atoms with Gasteiger partial charge in [-0.25, -0.2) is 4.39 Å². The molecule has 0 amide bonds. The van der Waals surface area contributed by atoms with E-state index in [2.05, 4.69) is 15.9 Å². The molecule has 0 aliphatic rings. The molecular formula is C6H5BrFN3. The molecule has 5 heteroatoms. The van der Waals surface area contributed by atoms with Crippen molar-refractivity contribution in [2.24, 2.45) is 0 Å². The SMILES string of the molecule is N=C(Br)n1cc(F)ccc1=N. The van der Waals surface area contributed by atoms with Crippen molar-refractivity contribution >= 4 is 20.7 Å². The molecule has 0 aliphatic heterocycles. The first-order valence-corrected chi connectivity index (χ1v) is 3.58. The molecule has 0 aromatic carbocycles. The molecular weight excluding hydrogens is 213 g/mol. The van der Waals surface area contributed by atoms with Crippen molar-refractivity contribution in [1.29, 1.82) is 10.8 Å². The van der Waals surface area contributed by atoms with Crippen molar-refractivity contribution in [1.82, 2.24) is 4.57 Å². The van der Waals surface area contributed by atoms with Crippen LogP contribution in [0.15, 0.2) is 18.3 Å². The number of pyridine rings is 1. The summed E-state index contributed by atoms with van der Waals surface area (Å²) in [6.45, 7) is 0. The van der Waals surface area contributed by atoms with Crippen LogP contribution in [0.2, 0.25) is 0 Å². The fourth-order valence-electron chi connectivity index (χ4n) is 0.637. The lowest BCUT2D eigenvalue weighted by molar-refractivity contribution is 0.614. The Bertz CT molecular complexity index is 344. The summed E-state index contributed by atoms with van der Waals surface area (Å²) < 4.78 is 13.5. The van der Waals surface area contributed by atoms with Gasteiger partial charge < -0.3 is 0 Å². The van der Waals surface area contributed by atoms with Gasteiger partial charge in [-0.05, 0) is 28.1 Å². The van der Waals surface area contributed by atoms with Gasteiger partial charge in [-0.2, -0.15) is 0 Å². The minimum atomic E-state index is -0.467. The lowest BCUT2D eigenvalue weighted by atomic mass is 10.4. The Kier molecular flexibility index (Phi) is 2.19. The third-order valence-electron chi connectivity index (χ3n) is 1.12. The van der Waals surface area contributed by atoms with Crippen LogP contribution in [0.4, 0.5) is 4.39 Å². The minimum Gasteiger partial charge on any atom is -0.284 e. The summed E-state index contributed by atoms with van der Waals surface area (Å²) in [7, 11) is 0. The van der Waals surface area contributed by atoms with Crippen LogP contribution in [0, 0.1) is 16.6 Å². The van der Waals surface area contributed by atoms with Crippen molar-refractivity contribution in [2.45, 2.75) is 0 Å². The average molecular weight is 218 g/mol. The molecule has 1 rings (SSSR count). The molecule has 0 saturated heterocycles. The van der Waals surface area contributed by atoms with E-state index in [0.29, 0.717) is 0 Å². The van der Waals surface area contributed by atoms with Crippen molar-refractivity contribution in [2.75, 3.05) is 0 Å². The van der Waals surface area contributed by atoms with Gasteiger partial charge in [-0.1, -0.05) is 0 Å². The molecule has 0 atom stereocenters. The van der Waals surface area contributed by atoms with Gasteiger partial charge in [-0.3, -0.25) is 15.4 Å². The Labute approximate surface area is 70.6 Å². The minimum absolute atomic E-state index is 0.0537. The van der Waals surface area contributed by atoms with Gasteiger partial charge in [0.1, 0.15) is 11.3 Å². The fourth-order valence-corrected chi connectivity index (χ4v) is 0.931. The van der Waals surface area contributed by atoms with Gasteiger partial charge in [0.25, 0.3) is 0 Å². The summed E-state index contributed by atoms with van der Waals surface area (Å²) >= 11 is 2.83. The number of nitrogens with one attached hydrogen (secondary N) is 2. The highest BCUT2D eigenvalue weighted by Gasteiger charge is 1.96. The zero-order valence-corrected chi connectivity index (χ0v) is 7.02. The van der Waals surface area contributed by atoms with E-state index in [-0.39, 0.29) is 10.2 Å². The van der Waals surface area contributed by atoms with Gasteiger partial charge in [-0.15, -0.1) is 0 Å². The molecule has 0 radical (unpaired) electrons. The Hall–Kier alpha value is -0.970. The van der Waals surface area contributed by atoms with E-state index in [9.17, 15) is 4.39 Å². The highest BCUT2D eigenvalue weighted by molar-refractivity contribution is 9.18. The normalized spacial score (nSPS) is 9.64. The number of nitrogens with zero attached hydrogens (tertiary/aromatic N) is 1. The topological polar surface area (TPSA) is 52.6 Å². The van der Waals surface area contributed by atoms with E-state index < -0.39 is 5.82 Å². The summed E-state index contributed by atoms with van der Waals surface area (Å²) in [6, 6.07) is 2.46. The maximum Gasteiger partial charge on any atom is 0.175 e. The molecule has 1 aromatic rings. The molecule has 3 nitrogen and oxygen atoms in total. The molecule has 0 saturated carbocycles. The Morgan fingerprint density at radius 3 is 2.64 bits per heavy atom. The first-order chi connectivity index (χ1) is 5.11. The summed E-state index contributed by atoms with van der Waals surface area (Å²) in [5.41, 5.74) is 0.0632. The second kappa shape index (κ2) is 2.96. The van der Waals surface area contributed by atoms with Gasteiger partial charge in [0.2, 0.25) is 0 Å². The predicted octanol–water partition coefficient (Wildman–Crippen LogP) is 1.28. The number of hydrogen-bond donors (Lipinski definition) is 2. The molecule has 0 bridgehead atoms. The fraction of sp³-hybridized carbons (Fsp3) is 0. The highest BCUT2D eigenvalue weighted by Crippen LogP contribution is 1.94. The Morgan fingerprint density at radius 1 is 1.55 bits per heavy atom. The van der Waals surface area contributed by atoms with Crippen molar-refractivity contribution < 1.29 is 4.39 Å². The van der Waals surface area contributed by atoms with Crippen LogP contribution in [0.3, 0.4) is 0 Å². The molecule has 0 unspecified atom stereocenters. The standard InChI is InChI=1S/C6H5BrFN3/c7-6(10)11-3-4(8)1-2-5(11)9/h1-3,9-10H. The molecule has 58 valence electrons. The molecule has 0 fully saturated rings. The van der Waals surface area contributed by atoms with E-state index in [1.807, 2.05) is 0 Å². The molecule has 0 aliphatic carbocycles.